The maximum absolute atomic E-state index is 12.2. The Morgan fingerprint density at radius 1 is 0.909 bits per heavy atom. The molecule has 22 heavy (non-hydrogen) atoms. The molecule has 0 radical (unpaired) electrons. The molecule has 0 spiro atoms. The van der Waals surface area contributed by atoms with E-state index in [1.807, 2.05) is 32.0 Å². The van der Waals surface area contributed by atoms with Gasteiger partial charge in [0.1, 0.15) is 0 Å². The van der Waals surface area contributed by atoms with Crippen LogP contribution in [0, 0.1) is 20.8 Å². The molecule has 0 heterocycles. The number of carbonyl (C=O) groups is 1. The van der Waals surface area contributed by atoms with Crippen molar-refractivity contribution in [1.82, 2.24) is 0 Å². The molecule has 0 aromatic heterocycles. The van der Waals surface area contributed by atoms with Crippen LogP contribution in [0.15, 0.2) is 36.4 Å². The SMILES string of the molecule is CCc1cccc(C)c1NCC(=O)Nc1c(C)cccc1C. The Bertz CT molecular complexity index is 657. The van der Waals surface area contributed by atoms with Crippen molar-refractivity contribution in [2.45, 2.75) is 34.1 Å². The van der Waals surface area contributed by atoms with Crippen LogP contribution < -0.4 is 10.6 Å². The Labute approximate surface area is 132 Å². The van der Waals surface area contributed by atoms with Crippen molar-refractivity contribution < 1.29 is 4.79 Å². The highest BCUT2D eigenvalue weighted by Crippen LogP contribution is 2.22. The lowest BCUT2D eigenvalue weighted by Crippen LogP contribution is -2.23. The van der Waals surface area contributed by atoms with E-state index in [-0.39, 0.29) is 12.5 Å². The summed E-state index contributed by atoms with van der Waals surface area (Å²) in [6.45, 7) is 8.46. The summed E-state index contributed by atoms with van der Waals surface area (Å²) in [5.41, 5.74) is 6.55. The molecule has 1 amide bonds. The number of aryl methyl sites for hydroxylation is 4. The van der Waals surface area contributed by atoms with Gasteiger partial charge in [0.25, 0.3) is 0 Å². The summed E-state index contributed by atoms with van der Waals surface area (Å²) in [5, 5.41) is 6.28. The number of amides is 1. The zero-order valence-corrected chi connectivity index (χ0v) is 13.8. The number of carbonyl (C=O) groups excluding carboxylic acids is 1. The fourth-order valence-electron chi connectivity index (χ4n) is 2.64. The van der Waals surface area contributed by atoms with Gasteiger partial charge in [0.15, 0.2) is 0 Å². The first kappa shape index (κ1) is 16.1. The molecule has 0 saturated carbocycles. The van der Waals surface area contributed by atoms with Crippen molar-refractivity contribution in [2.24, 2.45) is 0 Å². The van der Waals surface area contributed by atoms with Crippen molar-refractivity contribution in [2.75, 3.05) is 17.2 Å². The van der Waals surface area contributed by atoms with Crippen LogP contribution in [0.3, 0.4) is 0 Å². The minimum atomic E-state index is -0.0253. The minimum Gasteiger partial charge on any atom is -0.376 e. The molecule has 2 aromatic rings. The Hall–Kier alpha value is -2.29. The molecule has 0 aliphatic heterocycles. The second kappa shape index (κ2) is 7.12. The molecular formula is C19H24N2O. The van der Waals surface area contributed by atoms with Gasteiger partial charge in [-0.05, 0) is 49.4 Å². The first-order valence-corrected chi connectivity index (χ1v) is 7.71. The average Bonchev–Trinajstić information content (AvgIpc) is 2.49. The molecule has 116 valence electrons. The van der Waals surface area contributed by atoms with Gasteiger partial charge < -0.3 is 10.6 Å². The molecule has 0 aliphatic rings. The molecule has 3 heteroatoms. The van der Waals surface area contributed by atoms with E-state index in [1.54, 1.807) is 0 Å². The van der Waals surface area contributed by atoms with E-state index in [9.17, 15) is 4.79 Å². The fraction of sp³-hybridized carbons (Fsp3) is 0.316. The second-order valence-electron chi connectivity index (χ2n) is 5.63. The largest absolute Gasteiger partial charge is 0.376 e. The van der Waals surface area contributed by atoms with Gasteiger partial charge in [-0.15, -0.1) is 0 Å². The van der Waals surface area contributed by atoms with E-state index in [2.05, 4.69) is 42.7 Å². The summed E-state index contributed by atoms with van der Waals surface area (Å²) in [7, 11) is 0. The Kier molecular flexibility index (Phi) is 5.21. The fourth-order valence-corrected chi connectivity index (χ4v) is 2.64. The molecule has 0 bridgehead atoms. The molecular weight excluding hydrogens is 272 g/mol. The standard InChI is InChI=1S/C19H24N2O/c1-5-16-11-7-10-15(4)19(16)20-12-17(22)21-18-13(2)8-6-9-14(18)3/h6-11,20H,5,12H2,1-4H3,(H,21,22). The van der Waals surface area contributed by atoms with E-state index >= 15 is 0 Å². The normalized spacial score (nSPS) is 10.4. The van der Waals surface area contributed by atoms with Crippen LogP contribution in [0.1, 0.15) is 29.2 Å². The molecule has 0 unspecified atom stereocenters. The number of anilines is 2. The maximum atomic E-state index is 12.2. The molecule has 2 aromatic carbocycles. The quantitative estimate of drug-likeness (QED) is 0.867. The molecule has 0 atom stereocenters. The Balaban J connectivity index is 2.05. The molecule has 0 saturated heterocycles. The summed E-state index contributed by atoms with van der Waals surface area (Å²) in [4.78, 5) is 12.2. The topological polar surface area (TPSA) is 41.1 Å². The van der Waals surface area contributed by atoms with Crippen LogP contribution in [0.2, 0.25) is 0 Å². The van der Waals surface area contributed by atoms with Crippen molar-refractivity contribution in [3.63, 3.8) is 0 Å². The summed E-state index contributed by atoms with van der Waals surface area (Å²) in [6, 6.07) is 12.2. The number of para-hydroxylation sites is 2. The van der Waals surface area contributed by atoms with Crippen LogP contribution in [0.4, 0.5) is 11.4 Å². The number of benzene rings is 2. The minimum absolute atomic E-state index is 0.0253. The second-order valence-corrected chi connectivity index (χ2v) is 5.63. The van der Waals surface area contributed by atoms with Gasteiger partial charge in [0.05, 0.1) is 6.54 Å². The highest BCUT2D eigenvalue weighted by molar-refractivity contribution is 5.95. The highest BCUT2D eigenvalue weighted by Gasteiger charge is 2.09. The van der Waals surface area contributed by atoms with Gasteiger partial charge >= 0.3 is 0 Å². The van der Waals surface area contributed by atoms with Gasteiger partial charge in [-0.3, -0.25) is 4.79 Å². The van der Waals surface area contributed by atoms with E-state index in [1.165, 1.54) is 11.1 Å². The lowest BCUT2D eigenvalue weighted by Gasteiger charge is -2.15. The van der Waals surface area contributed by atoms with Crippen molar-refractivity contribution in [3.8, 4) is 0 Å². The Morgan fingerprint density at radius 2 is 1.45 bits per heavy atom. The molecule has 3 nitrogen and oxygen atoms in total. The molecule has 0 aliphatic carbocycles. The lowest BCUT2D eigenvalue weighted by atomic mass is 10.1. The van der Waals surface area contributed by atoms with Gasteiger partial charge in [0.2, 0.25) is 5.91 Å². The van der Waals surface area contributed by atoms with E-state index in [0.29, 0.717) is 0 Å². The third-order valence-corrected chi connectivity index (χ3v) is 3.91. The summed E-state index contributed by atoms with van der Waals surface area (Å²) in [5.74, 6) is -0.0253. The monoisotopic (exact) mass is 296 g/mol. The summed E-state index contributed by atoms with van der Waals surface area (Å²) in [6.07, 6.45) is 0.947. The number of hydrogen-bond acceptors (Lipinski definition) is 2. The van der Waals surface area contributed by atoms with Crippen LogP contribution in [0.25, 0.3) is 0 Å². The van der Waals surface area contributed by atoms with E-state index in [0.717, 1.165) is 28.9 Å². The van der Waals surface area contributed by atoms with Gasteiger partial charge in [-0.2, -0.15) is 0 Å². The smallest absolute Gasteiger partial charge is 0.243 e. The van der Waals surface area contributed by atoms with Crippen molar-refractivity contribution >= 4 is 17.3 Å². The Morgan fingerprint density at radius 3 is 2.05 bits per heavy atom. The zero-order valence-electron chi connectivity index (χ0n) is 13.8. The third-order valence-electron chi connectivity index (χ3n) is 3.91. The zero-order chi connectivity index (χ0) is 16.1. The van der Waals surface area contributed by atoms with Crippen molar-refractivity contribution in [1.29, 1.82) is 0 Å². The van der Waals surface area contributed by atoms with Crippen LogP contribution >= 0.6 is 0 Å². The highest BCUT2D eigenvalue weighted by atomic mass is 16.1. The van der Waals surface area contributed by atoms with Gasteiger partial charge in [-0.25, -0.2) is 0 Å². The first-order chi connectivity index (χ1) is 10.5. The summed E-state index contributed by atoms with van der Waals surface area (Å²) >= 11 is 0. The van der Waals surface area contributed by atoms with Crippen LogP contribution in [0.5, 0.6) is 0 Å². The number of nitrogens with one attached hydrogen (secondary N) is 2. The number of hydrogen-bond donors (Lipinski definition) is 2. The lowest BCUT2D eigenvalue weighted by molar-refractivity contribution is -0.114. The maximum Gasteiger partial charge on any atom is 0.243 e. The third kappa shape index (κ3) is 3.67. The van der Waals surface area contributed by atoms with Gasteiger partial charge in [-0.1, -0.05) is 43.3 Å². The van der Waals surface area contributed by atoms with Crippen LogP contribution in [-0.2, 0) is 11.2 Å². The predicted octanol–water partition coefficient (Wildman–Crippen LogP) is 4.22. The van der Waals surface area contributed by atoms with E-state index in [4.69, 9.17) is 0 Å². The van der Waals surface area contributed by atoms with Crippen LogP contribution in [-0.4, -0.2) is 12.5 Å². The average molecular weight is 296 g/mol. The molecule has 2 rings (SSSR count). The number of rotatable bonds is 5. The molecule has 0 fully saturated rings. The summed E-state index contributed by atoms with van der Waals surface area (Å²) < 4.78 is 0. The predicted molar refractivity (Wildman–Crippen MR) is 93.6 cm³/mol. The first-order valence-electron chi connectivity index (χ1n) is 7.71. The van der Waals surface area contributed by atoms with Gasteiger partial charge in [0, 0.05) is 11.4 Å². The van der Waals surface area contributed by atoms with E-state index < -0.39 is 0 Å². The molecule has 2 N–H and O–H groups in total. The van der Waals surface area contributed by atoms with Crippen molar-refractivity contribution in [3.05, 3.63) is 58.7 Å².